The number of ether oxygens (including phenoxy) is 2. The first-order valence-corrected chi connectivity index (χ1v) is 12.5. The number of rotatable bonds is 12. The molecule has 0 aromatic heterocycles. The molecule has 0 radical (unpaired) electrons. The Balaban J connectivity index is 0.000000437. The van der Waals surface area contributed by atoms with Crippen LogP contribution in [0, 0.1) is 5.92 Å². The van der Waals surface area contributed by atoms with E-state index in [0.717, 1.165) is 0 Å². The first kappa shape index (κ1) is 36.7. The molecule has 0 aromatic carbocycles. The minimum atomic E-state index is -1.66. The molecule has 4 unspecified atom stereocenters. The van der Waals surface area contributed by atoms with Gasteiger partial charge in [-0.15, -0.1) is 0 Å². The van der Waals surface area contributed by atoms with Crippen molar-refractivity contribution < 1.29 is 64.7 Å². The molecule has 2 rings (SSSR count). The van der Waals surface area contributed by atoms with Gasteiger partial charge < -0.3 is 65.8 Å². The number of hydrogen-bond acceptors (Lipinski definition) is 15. The van der Waals surface area contributed by atoms with Gasteiger partial charge in [0.1, 0.15) is 49.1 Å². The van der Waals surface area contributed by atoms with Crippen LogP contribution in [0.3, 0.4) is 0 Å². The molecular formula is C21H35N8O13-. The fourth-order valence-electron chi connectivity index (χ4n) is 4.54. The number of methoxy groups -OCH3 is 1. The molecule has 1 saturated carbocycles. The van der Waals surface area contributed by atoms with Gasteiger partial charge in [-0.05, 0) is 30.3 Å². The van der Waals surface area contributed by atoms with E-state index >= 15 is 0 Å². The molecule has 238 valence electrons. The Kier molecular flexibility index (Phi) is 15.4. The van der Waals surface area contributed by atoms with Crippen molar-refractivity contribution in [1.29, 1.82) is 0 Å². The summed E-state index contributed by atoms with van der Waals surface area (Å²) in [4.78, 5) is 39.2. The van der Waals surface area contributed by atoms with Crippen LogP contribution in [-0.4, -0.2) is 141 Å². The van der Waals surface area contributed by atoms with Crippen LogP contribution in [0.1, 0.15) is 19.3 Å². The van der Waals surface area contributed by atoms with E-state index in [1.54, 1.807) is 0 Å². The second-order valence-corrected chi connectivity index (χ2v) is 9.41. The Morgan fingerprint density at radius 1 is 1.07 bits per heavy atom. The Morgan fingerprint density at radius 3 is 2.12 bits per heavy atom. The van der Waals surface area contributed by atoms with Crippen molar-refractivity contribution >= 4 is 17.8 Å². The molecule has 2 amide bonds. The second-order valence-electron chi connectivity index (χ2n) is 9.41. The summed E-state index contributed by atoms with van der Waals surface area (Å²) in [5, 5.41) is 88.6. The SMILES string of the molecule is CO[C@]1(C(=O)[O-])CC[C@@H](NC(=O)CN=[N+]=[N-])C([C@H](O)[C@H](O)CO)C1.[N-]=[N+]=NCC(=O)NC1C(O)OC(CO)[C@@H](O)[C@@H]1O. The van der Waals surface area contributed by atoms with Crippen molar-refractivity contribution in [2.45, 2.75) is 73.8 Å². The zero-order valence-electron chi connectivity index (χ0n) is 22.4. The largest absolute Gasteiger partial charge is 0.547 e. The summed E-state index contributed by atoms with van der Waals surface area (Å²) in [6.45, 7) is -2.28. The number of aliphatic hydroxyl groups is 7. The normalized spacial score (nSPS) is 32.0. The van der Waals surface area contributed by atoms with Crippen LogP contribution in [0.5, 0.6) is 0 Å². The Morgan fingerprint density at radius 2 is 1.64 bits per heavy atom. The van der Waals surface area contributed by atoms with Gasteiger partial charge in [-0.2, -0.15) is 0 Å². The number of aliphatic hydroxyl groups excluding tert-OH is 7. The molecule has 21 nitrogen and oxygen atoms in total. The summed E-state index contributed by atoms with van der Waals surface area (Å²) >= 11 is 0. The van der Waals surface area contributed by atoms with Crippen molar-refractivity contribution in [1.82, 2.24) is 10.6 Å². The van der Waals surface area contributed by atoms with Gasteiger partial charge >= 0.3 is 0 Å². The lowest BCUT2D eigenvalue weighted by atomic mass is 9.71. The van der Waals surface area contributed by atoms with E-state index in [-0.39, 0.29) is 19.3 Å². The maximum absolute atomic E-state index is 11.7. The van der Waals surface area contributed by atoms with Crippen LogP contribution in [0.2, 0.25) is 0 Å². The number of carbonyl (C=O) groups excluding carboxylic acids is 3. The van der Waals surface area contributed by atoms with Gasteiger partial charge in [0.25, 0.3) is 0 Å². The van der Waals surface area contributed by atoms with E-state index in [1.807, 2.05) is 0 Å². The van der Waals surface area contributed by atoms with E-state index in [4.69, 9.17) is 30.7 Å². The van der Waals surface area contributed by atoms with Gasteiger partial charge in [-0.1, -0.05) is 10.2 Å². The highest BCUT2D eigenvalue weighted by molar-refractivity contribution is 5.79. The van der Waals surface area contributed by atoms with E-state index in [1.165, 1.54) is 7.11 Å². The summed E-state index contributed by atoms with van der Waals surface area (Å²) in [6, 6.07) is -1.96. The average molecular weight is 608 g/mol. The molecular weight excluding hydrogens is 572 g/mol. The highest BCUT2D eigenvalue weighted by Gasteiger charge is 2.47. The van der Waals surface area contributed by atoms with Gasteiger partial charge in [0.15, 0.2) is 6.29 Å². The maximum Gasteiger partial charge on any atom is 0.226 e. The number of carbonyl (C=O) groups is 3. The molecule has 1 aliphatic carbocycles. The van der Waals surface area contributed by atoms with Crippen molar-refractivity contribution in [3.05, 3.63) is 20.9 Å². The third-order valence-electron chi connectivity index (χ3n) is 6.85. The summed E-state index contributed by atoms with van der Waals surface area (Å²) in [5.74, 6) is -3.71. The molecule has 2 aliphatic rings. The van der Waals surface area contributed by atoms with Crippen LogP contribution in [0.15, 0.2) is 10.2 Å². The van der Waals surface area contributed by atoms with Crippen molar-refractivity contribution in [2.24, 2.45) is 16.1 Å². The highest BCUT2D eigenvalue weighted by Crippen LogP contribution is 2.37. The molecule has 0 spiro atoms. The predicted molar refractivity (Wildman–Crippen MR) is 133 cm³/mol. The number of nitrogens with zero attached hydrogens (tertiary/aromatic N) is 6. The van der Waals surface area contributed by atoms with Gasteiger partial charge in [0.05, 0.1) is 25.3 Å². The summed E-state index contributed by atoms with van der Waals surface area (Å²) in [6.07, 6.45) is -8.77. The van der Waals surface area contributed by atoms with Crippen molar-refractivity contribution in [3.63, 3.8) is 0 Å². The molecule has 0 bridgehead atoms. The lowest BCUT2D eigenvalue weighted by Crippen LogP contribution is -2.64. The Labute approximate surface area is 237 Å². The number of amides is 2. The minimum Gasteiger partial charge on any atom is -0.547 e. The molecule has 1 heterocycles. The van der Waals surface area contributed by atoms with E-state index in [9.17, 15) is 45.0 Å². The number of azide groups is 2. The quantitative estimate of drug-likeness (QED) is 0.0569. The topological polar surface area (TPSA) is 356 Å². The summed E-state index contributed by atoms with van der Waals surface area (Å²) in [7, 11) is 1.20. The highest BCUT2D eigenvalue weighted by atomic mass is 16.6. The van der Waals surface area contributed by atoms with Crippen LogP contribution < -0.4 is 15.7 Å². The zero-order chi connectivity index (χ0) is 32.0. The molecule has 21 heteroatoms. The molecule has 1 saturated heterocycles. The first-order chi connectivity index (χ1) is 19.8. The summed E-state index contributed by atoms with van der Waals surface area (Å²) < 4.78 is 9.87. The third-order valence-corrected chi connectivity index (χ3v) is 6.85. The number of aliphatic carboxylic acids is 1. The van der Waals surface area contributed by atoms with Crippen molar-refractivity contribution in [3.8, 4) is 0 Å². The monoisotopic (exact) mass is 607 g/mol. The van der Waals surface area contributed by atoms with Gasteiger partial charge in [0, 0.05) is 28.9 Å². The van der Waals surface area contributed by atoms with E-state index < -0.39 is 104 Å². The third kappa shape index (κ3) is 9.89. The van der Waals surface area contributed by atoms with Gasteiger partial charge in [-0.3, -0.25) is 9.59 Å². The Hall–Kier alpha value is -3.33. The summed E-state index contributed by atoms with van der Waals surface area (Å²) in [5.41, 5.74) is 14.6. The standard InChI is InChI=1S/C13H22N4O7.C8H14N4O6/c1-24-13(12(22)23)3-2-8(16-10(20)5-15-17-14)7(4-13)11(21)9(19)6-18;9-12-10-1-4(14)11-5-7(16)6(15)3(2-13)18-8(5)17/h7-9,11,18-19,21H,2-6H2,1H3,(H,16,20)(H,22,23);3,5-8,13,15-17H,1-2H2,(H,11,14)/p-1/t7?,8-,9-,11+,13-;3?,5?,6-,7-,8?/m11/s1. The van der Waals surface area contributed by atoms with E-state index in [0.29, 0.717) is 0 Å². The van der Waals surface area contributed by atoms with Crippen LogP contribution in [0.25, 0.3) is 20.9 Å². The van der Waals surface area contributed by atoms with Gasteiger partial charge in [0.2, 0.25) is 11.8 Å². The lowest BCUT2D eigenvalue weighted by molar-refractivity contribution is -0.330. The number of carboxylic acids is 1. The van der Waals surface area contributed by atoms with Crippen LogP contribution >= 0.6 is 0 Å². The lowest BCUT2D eigenvalue weighted by Gasteiger charge is -2.46. The van der Waals surface area contributed by atoms with Crippen molar-refractivity contribution in [2.75, 3.05) is 33.4 Å². The number of carboxylic acid groups (broad SMARTS) is 1. The number of hydrogen-bond donors (Lipinski definition) is 9. The maximum atomic E-state index is 11.7. The predicted octanol–water partition coefficient (Wildman–Crippen LogP) is -5.36. The molecule has 2 fully saturated rings. The Bertz CT molecular complexity index is 1010. The van der Waals surface area contributed by atoms with E-state index in [2.05, 4.69) is 30.7 Å². The van der Waals surface area contributed by atoms with Crippen LogP contribution in [0.4, 0.5) is 0 Å². The second kappa shape index (κ2) is 17.6. The minimum absolute atomic E-state index is 0.0245. The zero-order valence-corrected chi connectivity index (χ0v) is 22.4. The molecule has 1 aliphatic heterocycles. The molecule has 0 aromatic rings. The smallest absolute Gasteiger partial charge is 0.226 e. The molecule has 42 heavy (non-hydrogen) atoms. The fraction of sp³-hybridized carbons (Fsp3) is 0.857. The van der Waals surface area contributed by atoms with Gasteiger partial charge in [-0.25, -0.2) is 0 Å². The number of nitrogens with one attached hydrogen (secondary N) is 2. The van der Waals surface area contributed by atoms with Crippen LogP contribution in [-0.2, 0) is 23.9 Å². The fourth-order valence-corrected chi connectivity index (χ4v) is 4.54. The molecule has 10 atom stereocenters. The first-order valence-electron chi connectivity index (χ1n) is 12.5. The molecule has 9 N–H and O–H groups in total. The average Bonchev–Trinajstić information content (AvgIpc) is 2.98.